The van der Waals surface area contributed by atoms with Crippen LogP contribution >= 0.6 is 11.6 Å². The standard InChI is InChI=1S/C30H35ClF2N6O2/c1-18(2)29(40)36-27(19-5-7-20(31)8-6-19)4-3-13-35-30(41)25-17-39(28-12-10-22(15-34)37-38-28)16-24(25)23-11-9-21(32)14-26(23)33/h5,7-12,14,18-19,23-27H,3-4,6,13,16-17H2,1-2H3,(H,35,41)(H,36,40)/t19?,23?,24-,25?,26?,27-/m0/s1. The molecular weight excluding hydrogens is 550 g/mol. The Morgan fingerprint density at radius 1 is 1.22 bits per heavy atom. The molecule has 11 heteroatoms. The molecule has 0 saturated carbocycles. The molecule has 0 bridgehead atoms. The molecule has 1 saturated heterocycles. The lowest BCUT2D eigenvalue weighted by atomic mass is 9.79. The van der Waals surface area contributed by atoms with Crippen LogP contribution in [0, 0.1) is 40.9 Å². The minimum absolute atomic E-state index is 0.0281. The Labute approximate surface area is 244 Å². The molecule has 0 radical (unpaired) electrons. The van der Waals surface area contributed by atoms with Gasteiger partial charge in [0, 0.05) is 48.5 Å². The average molecular weight is 585 g/mol. The number of anilines is 1. The summed E-state index contributed by atoms with van der Waals surface area (Å²) in [5.74, 6) is -2.11. The van der Waals surface area contributed by atoms with E-state index >= 15 is 0 Å². The molecule has 2 N–H and O–H groups in total. The van der Waals surface area contributed by atoms with Crippen molar-refractivity contribution < 1.29 is 18.4 Å². The van der Waals surface area contributed by atoms with E-state index in [9.17, 15) is 18.4 Å². The fraction of sp³-hybridized carbons (Fsp3) is 0.500. The van der Waals surface area contributed by atoms with Crippen molar-refractivity contribution in [1.82, 2.24) is 20.8 Å². The molecule has 1 aromatic rings. The first-order chi connectivity index (χ1) is 19.7. The van der Waals surface area contributed by atoms with Crippen molar-refractivity contribution in [3.63, 3.8) is 0 Å². The highest BCUT2D eigenvalue weighted by molar-refractivity contribution is 6.31. The molecule has 3 aliphatic rings. The highest BCUT2D eigenvalue weighted by Gasteiger charge is 2.44. The van der Waals surface area contributed by atoms with Crippen molar-refractivity contribution in [3.05, 3.63) is 65.1 Å². The minimum atomic E-state index is -1.55. The van der Waals surface area contributed by atoms with E-state index in [2.05, 4.69) is 20.8 Å². The van der Waals surface area contributed by atoms with Crippen molar-refractivity contribution in [2.45, 2.75) is 45.3 Å². The van der Waals surface area contributed by atoms with Gasteiger partial charge < -0.3 is 15.5 Å². The number of amides is 2. The van der Waals surface area contributed by atoms with Crippen LogP contribution in [0.1, 0.15) is 38.8 Å². The summed E-state index contributed by atoms with van der Waals surface area (Å²) in [6.45, 7) is 4.69. The number of nitriles is 1. The maximum Gasteiger partial charge on any atom is 0.225 e. The van der Waals surface area contributed by atoms with E-state index in [1.54, 1.807) is 12.1 Å². The summed E-state index contributed by atoms with van der Waals surface area (Å²) in [7, 11) is 0. The van der Waals surface area contributed by atoms with Crippen molar-refractivity contribution in [2.24, 2.45) is 29.6 Å². The molecule has 6 atom stereocenters. The summed E-state index contributed by atoms with van der Waals surface area (Å²) >= 11 is 6.08. The molecule has 2 amide bonds. The average Bonchev–Trinajstić information content (AvgIpc) is 3.40. The van der Waals surface area contributed by atoms with Gasteiger partial charge in [0.25, 0.3) is 0 Å². The Morgan fingerprint density at radius 2 is 2.02 bits per heavy atom. The molecular formula is C30H35ClF2N6O2. The van der Waals surface area contributed by atoms with Crippen LogP contribution < -0.4 is 15.5 Å². The van der Waals surface area contributed by atoms with E-state index in [0.717, 1.165) is 12.5 Å². The van der Waals surface area contributed by atoms with E-state index in [-0.39, 0.29) is 41.9 Å². The normalized spacial score (nSPS) is 26.3. The SMILES string of the molecule is CC(C)C(=O)N[C@@H](CCCNC(=O)C1CN(c2ccc(C#N)nn2)C[C@H]1C1C=CC(F)=CC1F)C1C=CC(Cl)=CC1. The minimum Gasteiger partial charge on any atom is -0.356 e. The number of halogens is 3. The second-order valence-corrected chi connectivity index (χ2v) is 11.5. The predicted octanol–water partition coefficient (Wildman–Crippen LogP) is 4.51. The summed E-state index contributed by atoms with van der Waals surface area (Å²) in [5.41, 5.74) is 0.171. The molecule has 4 unspecified atom stereocenters. The number of alkyl halides is 1. The maximum absolute atomic E-state index is 14.9. The van der Waals surface area contributed by atoms with E-state index in [1.807, 2.05) is 43.0 Å². The topological polar surface area (TPSA) is 111 Å². The van der Waals surface area contributed by atoms with Gasteiger partial charge in [-0.15, -0.1) is 10.2 Å². The summed E-state index contributed by atoms with van der Waals surface area (Å²) < 4.78 is 28.6. The van der Waals surface area contributed by atoms with Crippen LogP contribution in [0.3, 0.4) is 0 Å². The second-order valence-electron chi connectivity index (χ2n) is 11.0. The lowest BCUT2D eigenvalue weighted by molar-refractivity contribution is -0.126. The number of rotatable bonds is 10. The molecule has 2 heterocycles. The molecule has 0 spiro atoms. The number of nitrogens with one attached hydrogen (secondary N) is 2. The van der Waals surface area contributed by atoms with Crippen molar-refractivity contribution in [2.75, 3.05) is 24.5 Å². The lowest BCUT2D eigenvalue weighted by Gasteiger charge is -2.29. The first-order valence-corrected chi connectivity index (χ1v) is 14.3. The highest BCUT2D eigenvalue weighted by atomic mass is 35.5. The number of hydrogen-bond donors (Lipinski definition) is 2. The predicted molar refractivity (Wildman–Crippen MR) is 153 cm³/mol. The van der Waals surface area contributed by atoms with Gasteiger partial charge in [-0.1, -0.05) is 43.7 Å². The summed E-state index contributed by atoms with van der Waals surface area (Å²) in [6.07, 6.45) is 9.92. The number of carbonyl (C=O) groups excluding carboxylic acids is 2. The van der Waals surface area contributed by atoms with Crippen LogP contribution in [-0.2, 0) is 9.59 Å². The Balaban J connectivity index is 1.40. The van der Waals surface area contributed by atoms with Crippen LogP contribution in [0.2, 0.25) is 0 Å². The molecule has 1 fully saturated rings. The quantitative estimate of drug-likeness (QED) is 0.391. The van der Waals surface area contributed by atoms with Crippen molar-refractivity contribution in [1.29, 1.82) is 5.26 Å². The first kappa shape index (κ1) is 30.4. The van der Waals surface area contributed by atoms with E-state index in [0.29, 0.717) is 36.8 Å². The molecule has 0 aromatic carbocycles. The third-order valence-electron chi connectivity index (χ3n) is 7.90. The first-order valence-electron chi connectivity index (χ1n) is 14.0. The number of nitrogens with zero attached hydrogens (tertiary/aromatic N) is 4. The van der Waals surface area contributed by atoms with Gasteiger partial charge in [-0.25, -0.2) is 8.78 Å². The Kier molecular flexibility index (Phi) is 10.3. The number of allylic oxidation sites excluding steroid dienone is 7. The summed E-state index contributed by atoms with van der Waals surface area (Å²) in [4.78, 5) is 27.7. The van der Waals surface area contributed by atoms with Gasteiger partial charge in [-0.3, -0.25) is 9.59 Å². The third kappa shape index (κ3) is 7.79. The monoisotopic (exact) mass is 584 g/mol. The van der Waals surface area contributed by atoms with Crippen LogP contribution in [-0.4, -0.2) is 53.9 Å². The van der Waals surface area contributed by atoms with E-state index in [4.69, 9.17) is 16.9 Å². The smallest absolute Gasteiger partial charge is 0.225 e. The van der Waals surface area contributed by atoms with Crippen LogP contribution in [0.4, 0.5) is 14.6 Å². The molecule has 218 valence electrons. The van der Waals surface area contributed by atoms with Gasteiger partial charge >= 0.3 is 0 Å². The van der Waals surface area contributed by atoms with Gasteiger partial charge in [0.1, 0.15) is 18.1 Å². The lowest BCUT2D eigenvalue weighted by Crippen LogP contribution is -2.43. The molecule has 4 rings (SSSR count). The zero-order valence-corrected chi connectivity index (χ0v) is 23.9. The molecule has 1 aromatic heterocycles. The van der Waals surface area contributed by atoms with Gasteiger partial charge in [-0.05, 0) is 55.5 Å². The summed E-state index contributed by atoms with van der Waals surface area (Å²) in [6, 6.07) is 5.01. The number of carbonyl (C=O) groups is 2. The van der Waals surface area contributed by atoms with Crippen molar-refractivity contribution in [3.8, 4) is 6.07 Å². The Morgan fingerprint density at radius 3 is 2.66 bits per heavy atom. The Hall–Kier alpha value is -3.58. The largest absolute Gasteiger partial charge is 0.356 e. The van der Waals surface area contributed by atoms with Crippen LogP contribution in [0.15, 0.2) is 59.4 Å². The highest BCUT2D eigenvalue weighted by Crippen LogP contribution is 2.38. The number of aromatic nitrogens is 2. The van der Waals surface area contributed by atoms with Gasteiger partial charge in [0.15, 0.2) is 11.5 Å². The van der Waals surface area contributed by atoms with E-state index in [1.165, 1.54) is 12.2 Å². The van der Waals surface area contributed by atoms with Crippen LogP contribution in [0.5, 0.6) is 0 Å². The van der Waals surface area contributed by atoms with Crippen LogP contribution in [0.25, 0.3) is 0 Å². The van der Waals surface area contributed by atoms with Gasteiger partial charge in [0.05, 0.1) is 5.92 Å². The second kappa shape index (κ2) is 13.9. The fourth-order valence-electron chi connectivity index (χ4n) is 5.56. The Bertz CT molecular complexity index is 1270. The number of hydrogen-bond acceptors (Lipinski definition) is 6. The van der Waals surface area contributed by atoms with Gasteiger partial charge in [-0.2, -0.15) is 5.26 Å². The molecule has 1 aliphatic heterocycles. The third-order valence-corrected chi connectivity index (χ3v) is 8.18. The molecule has 2 aliphatic carbocycles. The zero-order chi connectivity index (χ0) is 29.5. The maximum atomic E-state index is 14.9. The summed E-state index contributed by atoms with van der Waals surface area (Å²) in [5, 5.41) is 23.8. The van der Waals surface area contributed by atoms with E-state index < -0.39 is 29.8 Å². The van der Waals surface area contributed by atoms with Gasteiger partial charge in [0.2, 0.25) is 11.8 Å². The molecule has 8 nitrogen and oxygen atoms in total. The zero-order valence-electron chi connectivity index (χ0n) is 23.1. The fourth-order valence-corrected chi connectivity index (χ4v) is 5.72. The molecule has 41 heavy (non-hydrogen) atoms. The van der Waals surface area contributed by atoms with Crippen molar-refractivity contribution >= 4 is 29.2 Å².